The number of sulfone groups is 1. The van der Waals surface area contributed by atoms with E-state index in [1.54, 1.807) is 0 Å². The minimum absolute atomic E-state index is 0.0464. The first-order valence-corrected chi connectivity index (χ1v) is 10.3. The molecule has 0 heterocycles. The van der Waals surface area contributed by atoms with E-state index in [0.717, 1.165) is 19.1 Å². The zero-order valence-corrected chi connectivity index (χ0v) is 14.0. The molecule has 118 valence electrons. The predicted molar refractivity (Wildman–Crippen MR) is 84.6 cm³/mol. The van der Waals surface area contributed by atoms with Gasteiger partial charge in [0.05, 0.1) is 11.8 Å². The van der Waals surface area contributed by atoms with Gasteiger partial charge in [0.15, 0.2) is 0 Å². The maximum atomic E-state index is 11.9. The van der Waals surface area contributed by atoms with Crippen LogP contribution in [-0.2, 0) is 14.6 Å². The van der Waals surface area contributed by atoms with Crippen LogP contribution in [0.1, 0.15) is 38.5 Å². The van der Waals surface area contributed by atoms with E-state index in [9.17, 15) is 13.2 Å². The van der Waals surface area contributed by atoms with Crippen LogP contribution in [0.5, 0.6) is 0 Å². The molecule has 7 heteroatoms. The molecule has 1 rings (SSSR count). The Morgan fingerprint density at radius 1 is 1.35 bits per heavy atom. The number of rotatable bonds is 7. The lowest BCUT2D eigenvalue weighted by Crippen LogP contribution is -2.48. The molecule has 1 fully saturated rings. The number of thioether (sulfide) groups is 1. The van der Waals surface area contributed by atoms with Crippen LogP contribution >= 0.6 is 11.8 Å². The topological polar surface area (TPSA) is 89.3 Å². The minimum Gasteiger partial charge on any atom is -0.353 e. The lowest BCUT2D eigenvalue weighted by atomic mass is 9.88. The van der Waals surface area contributed by atoms with Gasteiger partial charge in [0.25, 0.3) is 0 Å². The predicted octanol–water partition coefficient (Wildman–Crippen LogP) is 0.930. The highest BCUT2D eigenvalue weighted by Crippen LogP contribution is 2.37. The molecular formula is C13H26N2O3S2. The molecule has 3 N–H and O–H groups in total. The van der Waals surface area contributed by atoms with Crippen LogP contribution in [0.2, 0.25) is 0 Å². The normalized spacial score (nSPS) is 20.4. The summed E-state index contributed by atoms with van der Waals surface area (Å²) in [5.41, 5.74) is 5.74. The molecule has 1 aliphatic rings. The smallest absolute Gasteiger partial charge is 0.236 e. The molecule has 0 bridgehead atoms. The van der Waals surface area contributed by atoms with E-state index in [-0.39, 0.29) is 22.8 Å². The van der Waals surface area contributed by atoms with Crippen molar-refractivity contribution in [1.82, 2.24) is 5.32 Å². The second-order valence-corrected chi connectivity index (χ2v) is 9.22. The molecule has 0 radical (unpaired) electrons. The monoisotopic (exact) mass is 322 g/mol. The second kappa shape index (κ2) is 7.66. The summed E-state index contributed by atoms with van der Waals surface area (Å²) in [6, 6.07) is -0.743. The molecule has 5 nitrogen and oxygen atoms in total. The summed E-state index contributed by atoms with van der Waals surface area (Å²) < 4.78 is 22.3. The van der Waals surface area contributed by atoms with Gasteiger partial charge in [-0.05, 0) is 25.5 Å². The van der Waals surface area contributed by atoms with Crippen molar-refractivity contribution in [3.63, 3.8) is 0 Å². The minimum atomic E-state index is -3.07. The lowest BCUT2D eigenvalue weighted by molar-refractivity contribution is -0.122. The van der Waals surface area contributed by atoms with Gasteiger partial charge in [0, 0.05) is 17.5 Å². The van der Waals surface area contributed by atoms with Gasteiger partial charge in [-0.15, -0.1) is 0 Å². The third-order valence-corrected chi connectivity index (χ3v) is 6.31. The van der Waals surface area contributed by atoms with Crippen LogP contribution in [0.4, 0.5) is 0 Å². The van der Waals surface area contributed by atoms with E-state index < -0.39 is 15.9 Å². The Kier molecular flexibility index (Phi) is 6.81. The zero-order chi connectivity index (χ0) is 15.2. The quantitative estimate of drug-likeness (QED) is 0.728. The van der Waals surface area contributed by atoms with Crippen LogP contribution in [0.3, 0.4) is 0 Å². The van der Waals surface area contributed by atoms with Gasteiger partial charge >= 0.3 is 0 Å². The average molecular weight is 322 g/mol. The lowest BCUT2D eigenvalue weighted by Gasteiger charge is -2.36. The van der Waals surface area contributed by atoms with E-state index in [1.807, 2.05) is 11.8 Å². The Morgan fingerprint density at radius 2 is 1.95 bits per heavy atom. The van der Waals surface area contributed by atoms with E-state index in [2.05, 4.69) is 11.6 Å². The van der Waals surface area contributed by atoms with Crippen molar-refractivity contribution < 1.29 is 13.2 Å². The van der Waals surface area contributed by atoms with E-state index >= 15 is 0 Å². The Morgan fingerprint density at radius 3 is 2.45 bits per heavy atom. The molecule has 0 aromatic heterocycles. The van der Waals surface area contributed by atoms with Gasteiger partial charge in [-0.2, -0.15) is 11.8 Å². The summed E-state index contributed by atoms with van der Waals surface area (Å²) in [7, 11) is -3.07. The van der Waals surface area contributed by atoms with Crippen molar-refractivity contribution in [3.8, 4) is 0 Å². The maximum absolute atomic E-state index is 11.9. The van der Waals surface area contributed by atoms with Gasteiger partial charge in [-0.1, -0.05) is 19.3 Å². The van der Waals surface area contributed by atoms with E-state index in [1.165, 1.54) is 19.3 Å². The third kappa shape index (κ3) is 6.01. The number of carbonyl (C=O) groups is 1. The largest absolute Gasteiger partial charge is 0.353 e. The van der Waals surface area contributed by atoms with E-state index in [4.69, 9.17) is 5.73 Å². The van der Waals surface area contributed by atoms with Gasteiger partial charge in [0.2, 0.25) is 5.91 Å². The third-order valence-electron chi connectivity index (χ3n) is 3.92. The molecular weight excluding hydrogens is 296 g/mol. The number of amides is 1. The van der Waals surface area contributed by atoms with Gasteiger partial charge in [-0.3, -0.25) is 4.79 Å². The molecule has 1 unspecified atom stereocenters. The van der Waals surface area contributed by atoms with E-state index in [0.29, 0.717) is 6.54 Å². The molecule has 1 amide bonds. The van der Waals surface area contributed by atoms with Crippen LogP contribution in [0.15, 0.2) is 0 Å². The number of hydrogen-bond acceptors (Lipinski definition) is 5. The highest BCUT2D eigenvalue weighted by molar-refractivity contribution is 8.00. The Labute approximate surface area is 126 Å². The number of nitrogens with one attached hydrogen (secondary N) is 1. The molecule has 20 heavy (non-hydrogen) atoms. The fraction of sp³-hybridized carbons (Fsp3) is 0.923. The van der Waals surface area contributed by atoms with Crippen molar-refractivity contribution >= 4 is 27.5 Å². The summed E-state index contributed by atoms with van der Waals surface area (Å²) in [6.07, 6.45) is 9.33. The van der Waals surface area contributed by atoms with Crippen LogP contribution in [0, 0.1) is 0 Å². The Balaban J connectivity index is 2.41. The fourth-order valence-corrected chi connectivity index (χ4v) is 4.10. The molecule has 0 aliphatic heterocycles. The zero-order valence-electron chi connectivity index (χ0n) is 12.4. The van der Waals surface area contributed by atoms with Crippen LogP contribution < -0.4 is 11.1 Å². The second-order valence-electron chi connectivity index (χ2n) is 5.69. The maximum Gasteiger partial charge on any atom is 0.236 e. The fourth-order valence-electron chi connectivity index (χ4n) is 2.50. The molecule has 1 saturated carbocycles. The van der Waals surface area contributed by atoms with Crippen molar-refractivity contribution in [2.24, 2.45) is 5.73 Å². The van der Waals surface area contributed by atoms with Crippen molar-refractivity contribution in [1.29, 1.82) is 0 Å². The van der Waals surface area contributed by atoms with Crippen LogP contribution in [0.25, 0.3) is 0 Å². The SMILES string of the molecule is CSC1(CNC(=O)C(N)CCS(C)(=O)=O)CCCCC1. The van der Waals surface area contributed by atoms with Crippen molar-refractivity contribution in [3.05, 3.63) is 0 Å². The number of carbonyl (C=O) groups excluding carboxylic acids is 1. The summed E-state index contributed by atoms with van der Waals surface area (Å²) in [6.45, 7) is 0.625. The molecule has 0 saturated heterocycles. The van der Waals surface area contributed by atoms with Crippen LogP contribution in [-0.4, -0.2) is 49.9 Å². The first-order chi connectivity index (χ1) is 9.28. The number of hydrogen-bond donors (Lipinski definition) is 2. The van der Waals surface area contributed by atoms with Gasteiger partial charge in [-0.25, -0.2) is 8.42 Å². The Bertz CT molecular complexity index is 417. The standard InChI is InChI=1S/C13H26N2O3S2/c1-19-13(7-4-3-5-8-13)10-15-12(16)11(14)6-9-20(2,17)18/h11H,3-10,14H2,1-2H3,(H,15,16). The summed E-state index contributed by atoms with van der Waals surface area (Å²) >= 11 is 1.81. The summed E-state index contributed by atoms with van der Waals surface area (Å²) in [4.78, 5) is 11.9. The molecule has 1 aliphatic carbocycles. The first-order valence-electron chi connectivity index (χ1n) is 7.04. The summed E-state index contributed by atoms with van der Waals surface area (Å²) in [5, 5.41) is 2.90. The average Bonchev–Trinajstić information content (AvgIpc) is 2.42. The molecule has 0 aromatic carbocycles. The van der Waals surface area contributed by atoms with Gasteiger partial charge in [0.1, 0.15) is 9.84 Å². The molecule has 0 aromatic rings. The van der Waals surface area contributed by atoms with Crippen molar-refractivity contribution in [2.45, 2.75) is 49.3 Å². The molecule has 1 atom stereocenters. The van der Waals surface area contributed by atoms with Crippen molar-refractivity contribution in [2.75, 3.05) is 24.8 Å². The molecule has 0 spiro atoms. The first kappa shape index (κ1) is 17.8. The number of nitrogens with two attached hydrogens (primary N) is 1. The highest BCUT2D eigenvalue weighted by atomic mass is 32.2. The Hall–Kier alpha value is -0.270. The van der Waals surface area contributed by atoms with Gasteiger partial charge < -0.3 is 11.1 Å². The summed E-state index contributed by atoms with van der Waals surface area (Å²) in [5.74, 6) is -0.289. The highest BCUT2D eigenvalue weighted by Gasteiger charge is 2.31.